The quantitative estimate of drug-likeness (QED) is 0.231. The summed E-state index contributed by atoms with van der Waals surface area (Å²) in [6.07, 6.45) is 0.277. The fourth-order valence-corrected chi connectivity index (χ4v) is 6.45. The molecule has 224 valence electrons. The van der Waals surface area contributed by atoms with Crippen LogP contribution in [0.3, 0.4) is 0 Å². The molecule has 0 unspecified atom stereocenters. The zero-order valence-corrected chi connectivity index (χ0v) is 26.0. The van der Waals surface area contributed by atoms with Gasteiger partial charge in [-0.3, -0.25) is 13.9 Å². The van der Waals surface area contributed by atoms with Crippen LogP contribution in [0.5, 0.6) is 0 Å². The average Bonchev–Trinajstić information content (AvgIpc) is 3.01. The normalized spacial score (nSPS) is 11.9. The van der Waals surface area contributed by atoms with E-state index in [0.717, 1.165) is 22.3 Å². The van der Waals surface area contributed by atoms with E-state index in [1.165, 1.54) is 21.3 Å². The molecule has 4 aromatic rings. The molecule has 8 heteroatoms. The summed E-state index contributed by atoms with van der Waals surface area (Å²) in [7, 11) is -4.13. The first-order valence-electron chi connectivity index (χ1n) is 14.4. The number of carbonyl (C=O) groups excluding carboxylic acids is 2. The third-order valence-electron chi connectivity index (χ3n) is 7.34. The van der Waals surface area contributed by atoms with Gasteiger partial charge >= 0.3 is 0 Å². The first-order chi connectivity index (χ1) is 20.6. The van der Waals surface area contributed by atoms with E-state index in [1.54, 1.807) is 24.3 Å². The first-order valence-corrected chi connectivity index (χ1v) is 15.9. The summed E-state index contributed by atoms with van der Waals surface area (Å²) in [4.78, 5) is 29.6. The molecule has 7 nitrogen and oxygen atoms in total. The molecule has 0 aliphatic heterocycles. The van der Waals surface area contributed by atoms with Crippen molar-refractivity contribution >= 4 is 27.5 Å². The highest BCUT2D eigenvalue weighted by molar-refractivity contribution is 7.92. The molecule has 1 atom stereocenters. The number of carbonyl (C=O) groups is 2. The number of rotatable bonds is 12. The largest absolute Gasteiger partial charge is 0.355 e. The van der Waals surface area contributed by atoms with Crippen molar-refractivity contribution in [1.29, 1.82) is 0 Å². The summed E-state index contributed by atoms with van der Waals surface area (Å²) in [6.45, 7) is 7.58. The van der Waals surface area contributed by atoms with Crippen LogP contribution < -0.4 is 9.62 Å². The number of hydrogen-bond acceptors (Lipinski definition) is 4. The minimum Gasteiger partial charge on any atom is -0.355 e. The first kappa shape index (κ1) is 31.5. The Morgan fingerprint density at radius 3 is 2.00 bits per heavy atom. The maximum atomic E-state index is 14.5. The van der Waals surface area contributed by atoms with Gasteiger partial charge in [0, 0.05) is 19.5 Å². The number of nitrogens with one attached hydrogen (secondary N) is 1. The molecule has 0 radical (unpaired) electrons. The summed E-state index contributed by atoms with van der Waals surface area (Å²) in [5.74, 6) is -0.774. The van der Waals surface area contributed by atoms with Crippen LogP contribution in [0.1, 0.15) is 34.7 Å². The molecule has 0 fully saturated rings. The van der Waals surface area contributed by atoms with Crippen LogP contribution in [-0.2, 0) is 32.6 Å². The van der Waals surface area contributed by atoms with Crippen molar-refractivity contribution in [3.05, 3.63) is 131 Å². The number of likely N-dealkylation sites (N-methyl/N-ethyl adjacent to an activating group) is 1. The van der Waals surface area contributed by atoms with Gasteiger partial charge < -0.3 is 10.2 Å². The fraction of sp³-hybridized carbons (Fsp3) is 0.257. The van der Waals surface area contributed by atoms with Gasteiger partial charge in [0.25, 0.3) is 10.0 Å². The zero-order chi connectivity index (χ0) is 31.0. The van der Waals surface area contributed by atoms with Crippen molar-refractivity contribution in [2.75, 3.05) is 17.4 Å². The standard InChI is InChI=1S/C35H39N3O4S/c1-5-36-35(40)33(23-29-12-8-6-9-13-29)37(24-30-20-17-26(2)18-21-30)34(39)25-38(32-22-27(3)16-19-28(32)4)43(41,42)31-14-10-7-11-15-31/h6-22,33H,5,23-25H2,1-4H3,(H,36,40)/t33-/m0/s1. The van der Waals surface area contributed by atoms with Crippen LogP contribution >= 0.6 is 0 Å². The van der Waals surface area contributed by atoms with Crippen LogP contribution in [0.2, 0.25) is 0 Å². The Bertz CT molecular complexity index is 1640. The summed E-state index contributed by atoms with van der Waals surface area (Å²) >= 11 is 0. The molecule has 0 aliphatic rings. The Balaban J connectivity index is 1.81. The lowest BCUT2D eigenvalue weighted by molar-refractivity contribution is -0.140. The Kier molecular flexibility index (Phi) is 10.4. The topological polar surface area (TPSA) is 86.8 Å². The number of nitrogens with zero attached hydrogens (tertiary/aromatic N) is 2. The van der Waals surface area contributed by atoms with Crippen LogP contribution in [0.15, 0.2) is 108 Å². The van der Waals surface area contributed by atoms with E-state index in [-0.39, 0.29) is 23.8 Å². The predicted molar refractivity (Wildman–Crippen MR) is 171 cm³/mol. The van der Waals surface area contributed by atoms with Gasteiger partial charge in [0.05, 0.1) is 10.6 Å². The van der Waals surface area contributed by atoms with Gasteiger partial charge in [-0.15, -0.1) is 0 Å². The van der Waals surface area contributed by atoms with Crippen LogP contribution in [-0.4, -0.2) is 44.3 Å². The second kappa shape index (κ2) is 14.2. The highest BCUT2D eigenvalue weighted by Crippen LogP contribution is 2.28. The maximum Gasteiger partial charge on any atom is 0.264 e. The summed E-state index contributed by atoms with van der Waals surface area (Å²) in [6, 6.07) is 30.1. The lowest BCUT2D eigenvalue weighted by atomic mass is 10.0. The van der Waals surface area contributed by atoms with E-state index < -0.39 is 28.5 Å². The third-order valence-corrected chi connectivity index (χ3v) is 9.11. The summed E-state index contributed by atoms with van der Waals surface area (Å²) in [5.41, 5.74) is 4.80. The van der Waals surface area contributed by atoms with Crippen molar-refractivity contribution in [1.82, 2.24) is 10.2 Å². The van der Waals surface area contributed by atoms with E-state index in [4.69, 9.17) is 0 Å². The van der Waals surface area contributed by atoms with Crippen LogP contribution in [0.25, 0.3) is 0 Å². The van der Waals surface area contributed by atoms with Gasteiger partial charge in [-0.2, -0.15) is 0 Å². The minimum absolute atomic E-state index is 0.0818. The predicted octanol–water partition coefficient (Wildman–Crippen LogP) is 5.58. The lowest BCUT2D eigenvalue weighted by Gasteiger charge is -2.34. The molecule has 0 saturated heterocycles. The number of sulfonamides is 1. The Morgan fingerprint density at radius 2 is 1.37 bits per heavy atom. The van der Waals surface area contributed by atoms with Crippen molar-refractivity contribution in [3.63, 3.8) is 0 Å². The van der Waals surface area contributed by atoms with Gasteiger partial charge in [0.15, 0.2) is 0 Å². The molecule has 0 heterocycles. The minimum atomic E-state index is -4.13. The average molecular weight is 598 g/mol. The number of hydrogen-bond donors (Lipinski definition) is 1. The van der Waals surface area contributed by atoms with Crippen molar-refractivity contribution < 1.29 is 18.0 Å². The monoisotopic (exact) mass is 597 g/mol. The molecule has 0 aromatic heterocycles. The Hall–Kier alpha value is -4.43. The van der Waals surface area contributed by atoms with Crippen molar-refractivity contribution in [3.8, 4) is 0 Å². The van der Waals surface area contributed by atoms with E-state index in [2.05, 4.69) is 5.32 Å². The van der Waals surface area contributed by atoms with Crippen molar-refractivity contribution in [2.45, 2.75) is 51.6 Å². The Labute approximate surface area is 255 Å². The highest BCUT2D eigenvalue weighted by atomic mass is 32.2. The highest BCUT2D eigenvalue weighted by Gasteiger charge is 2.35. The van der Waals surface area contributed by atoms with E-state index >= 15 is 0 Å². The molecular formula is C35H39N3O4S. The molecule has 0 spiro atoms. The lowest BCUT2D eigenvalue weighted by Crippen LogP contribution is -2.53. The maximum absolute atomic E-state index is 14.5. The molecule has 0 aliphatic carbocycles. The van der Waals surface area contributed by atoms with Crippen LogP contribution in [0.4, 0.5) is 5.69 Å². The van der Waals surface area contributed by atoms with Crippen molar-refractivity contribution in [2.24, 2.45) is 0 Å². The second-order valence-corrected chi connectivity index (χ2v) is 12.6. The fourth-order valence-electron chi connectivity index (χ4n) is 4.96. The second-order valence-electron chi connectivity index (χ2n) is 10.7. The van der Waals surface area contributed by atoms with Gasteiger partial charge in [-0.05, 0) is 68.1 Å². The SMILES string of the molecule is CCNC(=O)[C@H](Cc1ccccc1)N(Cc1ccc(C)cc1)C(=O)CN(c1cc(C)ccc1C)S(=O)(=O)c1ccccc1. The van der Waals surface area contributed by atoms with Gasteiger partial charge in [0.2, 0.25) is 11.8 Å². The summed E-state index contributed by atoms with van der Waals surface area (Å²) in [5, 5.41) is 2.89. The van der Waals surface area contributed by atoms with E-state index in [9.17, 15) is 18.0 Å². The summed E-state index contributed by atoms with van der Waals surface area (Å²) < 4.78 is 29.4. The number of aryl methyl sites for hydroxylation is 3. The third kappa shape index (κ3) is 7.90. The van der Waals surface area contributed by atoms with Crippen LogP contribution in [0, 0.1) is 20.8 Å². The zero-order valence-electron chi connectivity index (χ0n) is 25.2. The number of amides is 2. The molecule has 4 aromatic carbocycles. The Morgan fingerprint density at radius 1 is 0.767 bits per heavy atom. The molecule has 0 saturated carbocycles. The molecular weight excluding hydrogens is 558 g/mol. The molecule has 0 bridgehead atoms. The van der Waals surface area contributed by atoms with E-state index in [1.807, 2.05) is 94.4 Å². The molecule has 1 N–H and O–H groups in total. The van der Waals surface area contributed by atoms with Gasteiger partial charge in [-0.25, -0.2) is 8.42 Å². The van der Waals surface area contributed by atoms with Gasteiger partial charge in [0.1, 0.15) is 12.6 Å². The van der Waals surface area contributed by atoms with Gasteiger partial charge in [-0.1, -0.05) is 90.5 Å². The smallest absolute Gasteiger partial charge is 0.264 e. The number of anilines is 1. The van der Waals surface area contributed by atoms with E-state index in [0.29, 0.717) is 17.8 Å². The molecule has 2 amide bonds. The molecule has 43 heavy (non-hydrogen) atoms. The number of benzene rings is 4. The molecule has 4 rings (SSSR count).